The van der Waals surface area contributed by atoms with Crippen molar-refractivity contribution in [1.82, 2.24) is 29.8 Å². The molecule has 13 nitrogen and oxygen atoms in total. The Hall–Kier alpha value is -2.32. The van der Waals surface area contributed by atoms with Gasteiger partial charge in [0.1, 0.15) is 0 Å². The number of nitrogens with zero attached hydrogens (tertiary/aromatic N) is 5. The molecule has 13 heteroatoms. The molecule has 0 atom stereocenters. The molecule has 1 amide bonds. The van der Waals surface area contributed by atoms with Gasteiger partial charge in [-0.2, -0.15) is 0 Å². The number of aliphatic carboxylic acids is 3. The molecule has 2 aliphatic heterocycles. The smallest absolute Gasteiger partial charge is 0.317 e. The van der Waals surface area contributed by atoms with Gasteiger partial charge in [-0.25, -0.2) is 0 Å². The Morgan fingerprint density at radius 3 is 1.12 bits per heavy atom. The average Bonchev–Trinajstić information content (AvgIpc) is 2.75. The van der Waals surface area contributed by atoms with Crippen molar-refractivity contribution < 1.29 is 34.5 Å². The number of carboxylic acids is 3. The van der Waals surface area contributed by atoms with Crippen LogP contribution in [0.25, 0.3) is 0 Å². The second-order valence-corrected chi connectivity index (χ2v) is 8.42. The molecule has 2 saturated heterocycles. The molecular formula is C20H36N6O7. The minimum Gasteiger partial charge on any atom is -0.480 e. The van der Waals surface area contributed by atoms with Crippen LogP contribution in [0.15, 0.2) is 0 Å². The molecule has 2 aliphatic rings. The Kier molecular flexibility index (Phi) is 11.5. The lowest BCUT2D eigenvalue weighted by Gasteiger charge is -2.34. The summed E-state index contributed by atoms with van der Waals surface area (Å²) in [5.41, 5.74) is 0. The Labute approximate surface area is 193 Å². The molecule has 0 unspecified atom stereocenters. The van der Waals surface area contributed by atoms with Crippen LogP contribution in [-0.2, 0) is 19.2 Å². The van der Waals surface area contributed by atoms with Crippen LogP contribution in [0.4, 0.5) is 0 Å². The number of amides is 1. The molecule has 0 aromatic rings. The van der Waals surface area contributed by atoms with E-state index >= 15 is 0 Å². The Balaban J connectivity index is 2.10. The normalized spacial score (nSPS) is 21.2. The summed E-state index contributed by atoms with van der Waals surface area (Å²) in [5, 5.41) is 31.0. The molecule has 2 heterocycles. The second kappa shape index (κ2) is 14.1. The quantitative estimate of drug-likeness (QED) is 0.282. The summed E-state index contributed by atoms with van der Waals surface area (Å²) in [6.45, 7) is 5.53. The summed E-state index contributed by atoms with van der Waals surface area (Å²) in [6, 6.07) is 0. The number of carbonyl (C=O) groups excluding carboxylic acids is 1. The second-order valence-electron chi connectivity index (χ2n) is 8.42. The molecule has 2 rings (SSSR count). The van der Waals surface area contributed by atoms with Crippen LogP contribution in [0, 0.1) is 0 Å². The van der Waals surface area contributed by atoms with E-state index < -0.39 is 17.9 Å². The summed E-state index contributed by atoms with van der Waals surface area (Å²) >= 11 is 0. The fourth-order valence-electron chi connectivity index (χ4n) is 3.99. The highest BCUT2D eigenvalue weighted by atomic mass is 16.4. The zero-order chi connectivity index (χ0) is 24.2. The van der Waals surface area contributed by atoms with Gasteiger partial charge in [-0.3, -0.25) is 38.8 Å². The minimum atomic E-state index is -0.991. The predicted octanol–water partition coefficient (Wildman–Crippen LogP) is -3.11. The van der Waals surface area contributed by atoms with E-state index in [0.29, 0.717) is 65.4 Å². The van der Waals surface area contributed by atoms with E-state index in [1.165, 1.54) is 0 Å². The van der Waals surface area contributed by atoms with E-state index in [1.54, 1.807) is 19.6 Å². The number of hydrogen-bond acceptors (Lipinski definition) is 9. The van der Waals surface area contributed by atoms with Crippen LogP contribution in [0.3, 0.4) is 0 Å². The standard InChI is InChI=1S/C20H36N6O7/c27-17(26-3-1-21-2-4-26)13-22-5-7-23(14-18(28)29)9-11-25(16-20(32)33)12-10-24(8-6-22)15-19(30)31/h21H,1-16H2,(H,28,29)(H,30,31)(H,32,33). The van der Waals surface area contributed by atoms with Crippen LogP contribution in [-0.4, -0.2) is 168 Å². The molecule has 0 radical (unpaired) electrons. The number of carbonyl (C=O) groups is 4. The van der Waals surface area contributed by atoms with Crippen molar-refractivity contribution in [3.05, 3.63) is 0 Å². The molecule has 2 fully saturated rings. The lowest BCUT2D eigenvalue weighted by molar-refractivity contribution is -0.140. The molecule has 0 aromatic carbocycles. The van der Waals surface area contributed by atoms with Crippen LogP contribution >= 0.6 is 0 Å². The van der Waals surface area contributed by atoms with Gasteiger partial charge in [0.25, 0.3) is 0 Å². The van der Waals surface area contributed by atoms with Gasteiger partial charge >= 0.3 is 17.9 Å². The molecule has 0 aliphatic carbocycles. The molecule has 0 bridgehead atoms. The lowest BCUT2D eigenvalue weighted by atomic mass is 10.3. The number of nitrogens with one attached hydrogen (secondary N) is 1. The minimum absolute atomic E-state index is 0.00537. The summed E-state index contributed by atoms with van der Waals surface area (Å²) in [6.07, 6.45) is 0. The monoisotopic (exact) mass is 472 g/mol. The van der Waals surface area contributed by atoms with Crippen LogP contribution in [0.5, 0.6) is 0 Å². The number of rotatable bonds is 8. The van der Waals surface area contributed by atoms with E-state index in [-0.39, 0.29) is 32.1 Å². The fraction of sp³-hybridized carbons (Fsp3) is 0.800. The highest BCUT2D eigenvalue weighted by Gasteiger charge is 2.23. The molecule has 0 spiro atoms. The summed E-state index contributed by atoms with van der Waals surface area (Å²) in [4.78, 5) is 55.6. The first-order valence-corrected chi connectivity index (χ1v) is 11.3. The molecule has 0 saturated carbocycles. The first-order valence-electron chi connectivity index (χ1n) is 11.3. The summed E-state index contributed by atoms with van der Waals surface area (Å²) in [5.74, 6) is -2.93. The van der Waals surface area contributed by atoms with Gasteiger partial charge in [-0.05, 0) is 0 Å². The number of hydrogen-bond donors (Lipinski definition) is 4. The largest absolute Gasteiger partial charge is 0.480 e. The van der Waals surface area contributed by atoms with E-state index in [4.69, 9.17) is 0 Å². The van der Waals surface area contributed by atoms with Gasteiger partial charge < -0.3 is 25.5 Å². The third kappa shape index (κ3) is 10.9. The third-order valence-electron chi connectivity index (χ3n) is 5.83. The molecule has 0 aromatic heterocycles. The average molecular weight is 473 g/mol. The van der Waals surface area contributed by atoms with Crippen molar-refractivity contribution in [2.45, 2.75) is 0 Å². The van der Waals surface area contributed by atoms with Gasteiger partial charge in [-0.1, -0.05) is 0 Å². The topological polar surface area (TPSA) is 157 Å². The maximum Gasteiger partial charge on any atom is 0.317 e. The van der Waals surface area contributed by atoms with Gasteiger partial charge in [0.2, 0.25) is 5.91 Å². The maximum atomic E-state index is 12.8. The SMILES string of the molecule is O=C(O)CN1CCN(CC(=O)O)CCN(CC(=O)N2CCNCC2)CCN(CC(=O)O)CC1. The highest BCUT2D eigenvalue weighted by molar-refractivity contribution is 5.78. The Morgan fingerprint density at radius 1 is 0.515 bits per heavy atom. The zero-order valence-electron chi connectivity index (χ0n) is 19.0. The Bertz CT molecular complexity index is 641. The lowest BCUT2D eigenvalue weighted by Crippen LogP contribution is -2.52. The first-order chi connectivity index (χ1) is 15.7. The van der Waals surface area contributed by atoms with Crippen molar-refractivity contribution >= 4 is 23.8 Å². The maximum absolute atomic E-state index is 12.8. The van der Waals surface area contributed by atoms with Crippen molar-refractivity contribution in [3.63, 3.8) is 0 Å². The third-order valence-corrected chi connectivity index (χ3v) is 5.83. The van der Waals surface area contributed by atoms with E-state index in [9.17, 15) is 34.5 Å². The van der Waals surface area contributed by atoms with E-state index in [2.05, 4.69) is 5.32 Å². The van der Waals surface area contributed by atoms with Crippen LogP contribution in [0.2, 0.25) is 0 Å². The highest BCUT2D eigenvalue weighted by Crippen LogP contribution is 2.03. The summed E-state index contributed by atoms with van der Waals surface area (Å²) in [7, 11) is 0. The van der Waals surface area contributed by atoms with Crippen LogP contribution in [0.1, 0.15) is 0 Å². The fourth-order valence-corrected chi connectivity index (χ4v) is 3.99. The number of piperazine rings is 1. The van der Waals surface area contributed by atoms with E-state index in [0.717, 1.165) is 13.1 Å². The number of carboxylic acid groups (broad SMARTS) is 3. The molecule has 188 valence electrons. The summed E-state index contributed by atoms with van der Waals surface area (Å²) < 4.78 is 0. The van der Waals surface area contributed by atoms with Crippen molar-refractivity contribution in [2.24, 2.45) is 0 Å². The molecule has 4 N–H and O–H groups in total. The Morgan fingerprint density at radius 2 is 0.818 bits per heavy atom. The zero-order valence-corrected chi connectivity index (χ0v) is 19.0. The predicted molar refractivity (Wildman–Crippen MR) is 118 cm³/mol. The van der Waals surface area contributed by atoms with Crippen molar-refractivity contribution in [2.75, 3.05) is 105 Å². The van der Waals surface area contributed by atoms with E-state index in [1.807, 2.05) is 4.90 Å². The van der Waals surface area contributed by atoms with Crippen LogP contribution < -0.4 is 5.32 Å². The van der Waals surface area contributed by atoms with Gasteiger partial charge in [0.05, 0.1) is 26.2 Å². The first kappa shape index (κ1) is 26.9. The van der Waals surface area contributed by atoms with Gasteiger partial charge in [0.15, 0.2) is 0 Å². The van der Waals surface area contributed by atoms with Gasteiger partial charge in [0, 0.05) is 78.5 Å². The molecule has 33 heavy (non-hydrogen) atoms. The van der Waals surface area contributed by atoms with Gasteiger partial charge in [-0.15, -0.1) is 0 Å². The molecular weight excluding hydrogens is 436 g/mol. The van der Waals surface area contributed by atoms with Crippen molar-refractivity contribution in [1.29, 1.82) is 0 Å². The van der Waals surface area contributed by atoms with Crippen molar-refractivity contribution in [3.8, 4) is 0 Å².